The monoisotopic (exact) mass is 270 g/mol. The molecule has 1 aromatic rings. The number of nitrogens with one attached hydrogen (secondary N) is 1. The van der Waals surface area contributed by atoms with Gasteiger partial charge in [0.2, 0.25) is 0 Å². The Hall–Kier alpha value is -1.74. The number of hydrogen-bond donors (Lipinski definition) is 4. The van der Waals surface area contributed by atoms with E-state index in [4.69, 9.17) is 9.84 Å². The van der Waals surface area contributed by atoms with Crippen molar-refractivity contribution < 1.29 is 25.0 Å². The topological polar surface area (TPSA) is 125 Å². The van der Waals surface area contributed by atoms with E-state index in [-0.39, 0.29) is 5.69 Å². The highest BCUT2D eigenvalue weighted by molar-refractivity contribution is 5.49. The number of hydrogen-bond acceptors (Lipinski definition) is 7. The van der Waals surface area contributed by atoms with Crippen LogP contribution in [0.4, 0.5) is 11.4 Å². The first-order chi connectivity index (χ1) is 9.02. The lowest BCUT2D eigenvalue weighted by molar-refractivity contribution is -0.384. The van der Waals surface area contributed by atoms with E-state index in [9.17, 15) is 20.3 Å². The second kappa shape index (κ2) is 5.49. The highest BCUT2D eigenvalue weighted by atomic mass is 16.6. The SMILES string of the molecule is O=[N+]([O-])c1ccc(NC2O[C@@H](CO)[C@H](O)[C@H]2O)cc1. The molecule has 0 amide bonds. The number of anilines is 1. The highest BCUT2D eigenvalue weighted by Gasteiger charge is 2.42. The van der Waals surface area contributed by atoms with Crippen LogP contribution in [0.5, 0.6) is 0 Å². The summed E-state index contributed by atoms with van der Waals surface area (Å²) in [5.74, 6) is 0. The van der Waals surface area contributed by atoms with E-state index in [0.29, 0.717) is 5.69 Å². The van der Waals surface area contributed by atoms with Gasteiger partial charge in [-0.15, -0.1) is 0 Å². The van der Waals surface area contributed by atoms with Crippen molar-refractivity contribution >= 4 is 11.4 Å². The molecule has 0 aromatic heterocycles. The fourth-order valence-corrected chi connectivity index (χ4v) is 1.86. The standard InChI is InChI=1S/C11H14N2O6/c14-5-8-9(15)10(16)11(19-8)12-6-1-3-7(4-2-6)13(17)18/h1-4,8-12,14-16H,5H2/t8-,9-,10+,11?/m0/s1. The number of non-ortho nitro benzene ring substituents is 1. The first kappa shape index (κ1) is 13.7. The molecule has 1 aliphatic heterocycles. The Morgan fingerprint density at radius 2 is 1.89 bits per heavy atom. The Morgan fingerprint density at radius 3 is 2.37 bits per heavy atom. The van der Waals surface area contributed by atoms with Crippen LogP contribution in [0.1, 0.15) is 0 Å². The molecule has 4 N–H and O–H groups in total. The molecular formula is C11H14N2O6. The largest absolute Gasteiger partial charge is 0.394 e. The molecule has 4 atom stereocenters. The minimum atomic E-state index is -1.19. The summed E-state index contributed by atoms with van der Waals surface area (Å²) < 4.78 is 5.22. The second-order valence-electron chi connectivity index (χ2n) is 4.21. The minimum Gasteiger partial charge on any atom is -0.394 e. The number of nitrogens with zero attached hydrogens (tertiary/aromatic N) is 1. The summed E-state index contributed by atoms with van der Waals surface area (Å²) in [7, 11) is 0. The molecule has 1 aromatic carbocycles. The minimum absolute atomic E-state index is 0.0493. The summed E-state index contributed by atoms with van der Waals surface area (Å²) in [4.78, 5) is 9.98. The lowest BCUT2D eigenvalue weighted by Gasteiger charge is -2.17. The molecule has 1 heterocycles. The molecule has 1 fully saturated rings. The molecule has 2 rings (SSSR count). The van der Waals surface area contributed by atoms with Gasteiger partial charge in [-0.25, -0.2) is 0 Å². The average Bonchev–Trinajstić information content (AvgIpc) is 2.67. The van der Waals surface area contributed by atoms with Crippen LogP contribution in [0.25, 0.3) is 0 Å². The number of benzene rings is 1. The Labute approximate surface area is 108 Å². The van der Waals surface area contributed by atoms with Crippen LogP contribution in [0.3, 0.4) is 0 Å². The summed E-state index contributed by atoms with van der Waals surface area (Å²) in [6.07, 6.45) is -4.10. The molecule has 0 saturated carbocycles. The van der Waals surface area contributed by atoms with Crippen molar-refractivity contribution in [3.63, 3.8) is 0 Å². The third-order valence-electron chi connectivity index (χ3n) is 2.93. The quantitative estimate of drug-likeness (QED) is 0.427. The maximum Gasteiger partial charge on any atom is 0.269 e. The summed E-state index contributed by atoms with van der Waals surface area (Å²) >= 11 is 0. The molecule has 0 spiro atoms. The third-order valence-corrected chi connectivity index (χ3v) is 2.93. The third kappa shape index (κ3) is 2.82. The number of ether oxygens (including phenoxy) is 1. The number of rotatable bonds is 4. The van der Waals surface area contributed by atoms with Gasteiger partial charge in [0, 0.05) is 17.8 Å². The summed E-state index contributed by atoms with van der Waals surface area (Å²) in [5.41, 5.74) is 0.451. The number of nitro benzene ring substituents is 1. The van der Waals surface area contributed by atoms with Crippen molar-refractivity contribution in [2.45, 2.75) is 24.5 Å². The lowest BCUT2D eigenvalue weighted by Crippen LogP contribution is -2.36. The van der Waals surface area contributed by atoms with E-state index < -0.39 is 36.1 Å². The van der Waals surface area contributed by atoms with Gasteiger partial charge in [-0.3, -0.25) is 10.1 Å². The van der Waals surface area contributed by atoms with Gasteiger partial charge in [-0.2, -0.15) is 0 Å². The van der Waals surface area contributed by atoms with E-state index >= 15 is 0 Å². The van der Waals surface area contributed by atoms with Crippen LogP contribution in [-0.4, -0.2) is 51.4 Å². The maximum atomic E-state index is 10.5. The highest BCUT2D eigenvalue weighted by Crippen LogP contribution is 2.24. The van der Waals surface area contributed by atoms with E-state index in [1.54, 1.807) is 0 Å². The lowest BCUT2D eigenvalue weighted by atomic mass is 10.1. The van der Waals surface area contributed by atoms with Gasteiger partial charge in [0.25, 0.3) is 5.69 Å². The van der Waals surface area contributed by atoms with E-state index in [1.165, 1.54) is 24.3 Å². The second-order valence-corrected chi connectivity index (χ2v) is 4.21. The van der Waals surface area contributed by atoms with Gasteiger partial charge in [-0.1, -0.05) is 0 Å². The van der Waals surface area contributed by atoms with Crippen molar-refractivity contribution in [2.75, 3.05) is 11.9 Å². The van der Waals surface area contributed by atoms with Crippen LogP contribution in [0.15, 0.2) is 24.3 Å². The predicted molar refractivity (Wildman–Crippen MR) is 64.5 cm³/mol. The number of nitro groups is 1. The van der Waals surface area contributed by atoms with Crippen molar-refractivity contribution in [3.05, 3.63) is 34.4 Å². The number of aliphatic hydroxyl groups is 3. The van der Waals surface area contributed by atoms with Crippen molar-refractivity contribution in [3.8, 4) is 0 Å². The van der Waals surface area contributed by atoms with Crippen LogP contribution in [0, 0.1) is 10.1 Å². The number of aliphatic hydroxyl groups excluding tert-OH is 3. The van der Waals surface area contributed by atoms with Gasteiger partial charge < -0.3 is 25.4 Å². The van der Waals surface area contributed by atoms with E-state index in [1.807, 2.05) is 0 Å². The molecule has 1 saturated heterocycles. The van der Waals surface area contributed by atoms with Crippen LogP contribution in [-0.2, 0) is 4.74 Å². The van der Waals surface area contributed by atoms with Crippen molar-refractivity contribution in [1.29, 1.82) is 0 Å². The fraction of sp³-hybridized carbons (Fsp3) is 0.455. The van der Waals surface area contributed by atoms with Crippen molar-refractivity contribution in [2.24, 2.45) is 0 Å². The smallest absolute Gasteiger partial charge is 0.269 e. The van der Waals surface area contributed by atoms with Crippen LogP contribution in [0.2, 0.25) is 0 Å². The normalized spacial score (nSPS) is 30.3. The molecule has 1 aliphatic rings. The molecule has 19 heavy (non-hydrogen) atoms. The molecule has 0 aliphatic carbocycles. The molecule has 104 valence electrons. The van der Waals surface area contributed by atoms with Gasteiger partial charge in [0.1, 0.15) is 18.3 Å². The average molecular weight is 270 g/mol. The fourth-order valence-electron chi connectivity index (χ4n) is 1.86. The zero-order valence-electron chi connectivity index (χ0n) is 9.84. The van der Waals surface area contributed by atoms with Gasteiger partial charge in [0.15, 0.2) is 6.23 Å². The van der Waals surface area contributed by atoms with E-state index in [0.717, 1.165) is 0 Å². The van der Waals surface area contributed by atoms with Crippen molar-refractivity contribution in [1.82, 2.24) is 0 Å². The zero-order valence-corrected chi connectivity index (χ0v) is 9.84. The molecule has 0 radical (unpaired) electrons. The van der Waals surface area contributed by atoms with E-state index in [2.05, 4.69) is 5.32 Å². The molecule has 0 bridgehead atoms. The van der Waals surface area contributed by atoms with Crippen LogP contribution < -0.4 is 5.32 Å². The first-order valence-electron chi connectivity index (χ1n) is 5.66. The summed E-state index contributed by atoms with van der Waals surface area (Å²) in [5, 5.41) is 41.5. The molecule has 8 heteroatoms. The molecular weight excluding hydrogens is 256 g/mol. The van der Waals surface area contributed by atoms with Crippen LogP contribution >= 0.6 is 0 Å². The summed E-state index contributed by atoms with van der Waals surface area (Å²) in [6, 6.07) is 5.55. The predicted octanol–water partition coefficient (Wildman–Crippen LogP) is -0.554. The van der Waals surface area contributed by atoms with Gasteiger partial charge in [0.05, 0.1) is 11.5 Å². The molecule has 1 unspecified atom stereocenters. The van der Waals surface area contributed by atoms with Gasteiger partial charge in [-0.05, 0) is 12.1 Å². The Balaban J connectivity index is 2.03. The van der Waals surface area contributed by atoms with Gasteiger partial charge >= 0.3 is 0 Å². The maximum absolute atomic E-state index is 10.5. The zero-order chi connectivity index (χ0) is 14.0. The molecule has 8 nitrogen and oxygen atoms in total. The summed E-state index contributed by atoms with van der Waals surface area (Å²) in [6.45, 7) is -0.406. The Kier molecular flexibility index (Phi) is 3.96. The Bertz CT molecular complexity index is 451. The Morgan fingerprint density at radius 1 is 1.26 bits per heavy atom. The first-order valence-corrected chi connectivity index (χ1v) is 5.66.